The van der Waals surface area contributed by atoms with Crippen molar-refractivity contribution < 1.29 is 19.5 Å². The van der Waals surface area contributed by atoms with E-state index < -0.39 is 12.0 Å². The van der Waals surface area contributed by atoms with Crippen molar-refractivity contribution in [2.75, 3.05) is 20.1 Å². The molecule has 0 aromatic carbocycles. The van der Waals surface area contributed by atoms with Gasteiger partial charge in [-0.05, 0) is 5.92 Å². The Morgan fingerprint density at radius 2 is 2.12 bits per heavy atom. The van der Waals surface area contributed by atoms with E-state index in [-0.39, 0.29) is 30.7 Å². The number of amides is 2. The molecule has 1 saturated heterocycles. The third kappa shape index (κ3) is 3.26. The Kier molecular flexibility index (Phi) is 4.22. The number of nitrogens with zero attached hydrogens (tertiary/aromatic N) is 2. The number of carboxylic acids is 1. The van der Waals surface area contributed by atoms with E-state index >= 15 is 0 Å². The second-order valence-corrected chi connectivity index (χ2v) is 4.73. The molecule has 1 aliphatic rings. The standard InChI is InChI=1S/C11H18N2O4/c1-7(2)5-13(6-10(15)16)8-4-9(14)12(3)11(8)17/h7-8H,4-6H2,1-3H3,(H,15,16). The van der Waals surface area contributed by atoms with Crippen LogP contribution in [0, 0.1) is 5.92 Å². The molecular weight excluding hydrogens is 224 g/mol. The number of carbonyl (C=O) groups excluding carboxylic acids is 2. The number of carboxylic acid groups (broad SMARTS) is 1. The van der Waals surface area contributed by atoms with Crippen molar-refractivity contribution in [1.29, 1.82) is 0 Å². The van der Waals surface area contributed by atoms with E-state index in [1.165, 1.54) is 7.05 Å². The molecule has 0 aromatic heterocycles. The van der Waals surface area contributed by atoms with Gasteiger partial charge in [-0.1, -0.05) is 13.8 Å². The maximum absolute atomic E-state index is 11.8. The Morgan fingerprint density at radius 1 is 1.53 bits per heavy atom. The zero-order valence-corrected chi connectivity index (χ0v) is 10.3. The molecule has 1 atom stereocenters. The first kappa shape index (κ1) is 13.6. The molecule has 0 spiro atoms. The van der Waals surface area contributed by atoms with Gasteiger partial charge in [-0.2, -0.15) is 0 Å². The Labute approximate surface area is 100 Å². The highest BCUT2D eigenvalue weighted by Gasteiger charge is 2.40. The predicted molar refractivity (Wildman–Crippen MR) is 60.2 cm³/mol. The number of likely N-dealkylation sites (tertiary alicyclic amines) is 1. The highest BCUT2D eigenvalue weighted by atomic mass is 16.4. The molecule has 0 aliphatic carbocycles. The summed E-state index contributed by atoms with van der Waals surface area (Å²) in [4.78, 5) is 36.6. The van der Waals surface area contributed by atoms with Crippen LogP contribution in [-0.2, 0) is 14.4 Å². The smallest absolute Gasteiger partial charge is 0.317 e. The number of likely N-dealkylation sites (N-methyl/N-ethyl adjacent to an activating group) is 1. The Bertz CT molecular complexity index is 340. The molecule has 1 unspecified atom stereocenters. The van der Waals surface area contributed by atoms with Crippen molar-refractivity contribution in [3.8, 4) is 0 Å². The molecule has 1 heterocycles. The van der Waals surface area contributed by atoms with Crippen LogP contribution in [0.15, 0.2) is 0 Å². The molecule has 96 valence electrons. The third-order valence-corrected chi connectivity index (χ3v) is 2.74. The average molecular weight is 242 g/mol. The molecule has 6 nitrogen and oxygen atoms in total. The number of carbonyl (C=O) groups is 3. The number of imide groups is 1. The van der Waals surface area contributed by atoms with Crippen LogP contribution >= 0.6 is 0 Å². The molecule has 1 rings (SSSR count). The quantitative estimate of drug-likeness (QED) is 0.675. The van der Waals surface area contributed by atoms with Crippen molar-refractivity contribution in [2.45, 2.75) is 26.3 Å². The zero-order valence-electron chi connectivity index (χ0n) is 10.3. The Balaban J connectivity index is 2.79. The molecule has 0 radical (unpaired) electrons. The maximum Gasteiger partial charge on any atom is 0.317 e. The minimum Gasteiger partial charge on any atom is -0.480 e. The van der Waals surface area contributed by atoms with Crippen LogP contribution in [-0.4, -0.2) is 58.9 Å². The van der Waals surface area contributed by atoms with Gasteiger partial charge in [0.1, 0.15) is 0 Å². The monoisotopic (exact) mass is 242 g/mol. The van der Waals surface area contributed by atoms with Crippen molar-refractivity contribution >= 4 is 17.8 Å². The van der Waals surface area contributed by atoms with Gasteiger partial charge in [0.25, 0.3) is 0 Å². The van der Waals surface area contributed by atoms with Gasteiger partial charge in [0.15, 0.2) is 0 Å². The lowest BCUT2D eigenvalue weighted by Gasteiger charge is -2.26. The fourth-order valence-corrected chi connectivity index (χ4v) is 1.97. The minimum atomic E-state index is -0.986. The molecule has 0 bridgehead atoms. The van der Waals surface area contributed by atoms with Crippen LogP contribution < -0.4 is 0 Å². The Morgan fingerprint density at radius 3 is 2.47 bits per heavy atom. The van der Waals surface area contributed by atoms with E-state index in [0.717, 1.165) is 4.90 Å². The molecule has 0 aromatic rings. The third-order valence-electron chi connectivity index (χ3n) is 2.74. The van der Waals surface area contributed by atoms with Gasteiger partial charge in [-0.25, -0.2) is 0 Å². The molecular formula is C11H18N2O4. The van der Waals surface area contributed by atoms with Crippen molar-refractivity contribution in [3.63, 3.8) is 0 Å². The van der Waals surface area contributed by atoms with Crippen LogP contribution in [0.5, 0.6) is 0 Å². The van der Waals surface area contributed by atoms with E-state index in [2.05, 4.69) is 0 Å². The van der Waals surface area contributed by atoms with E-state index in [1.807, 2.05) is 13.8 Å². The lowest BCUT2D eigenvalue weighted by molar-refractivity contribution is -0.140. The normalized spacial score (nSPS) is 20.8. The summed E-state index contributed by atoms with van der Waals surface area (Å²) in [5, 5.41) is 8.82. The summed E-state index contributed by atoms with van der Waals surface area (Å²) >= 11 is 0. The minimum absolute atomic E-state index is 0.0787. The summed E-state index contributed by atoms with van der Waals surface area (Å²) in [6, 6.07) is -0.619. The van der Waals surface area contributed by atoms with Crippen molar-refractivity contribution in [3.05, 3.63) is 0 Å². The van der Waals surface area contributed by atoms with Crippen LogP contribution in [0.4, 0.5) is 0 Å². The van der Waals surface area contributed by atoms with Gasteiger partial charge in [-0.3, -0.25) is 24.2 Å². The topological polar surface area (TPSA) is 77.9 Å². The number of hydrogen-bond donors (Lipinski definition) is 1. The summed E-state index contributed by atoms with van der Waals surface area (Å²) in [5.41, 5.74) is 0. The summed E-state index contributed by atoms with van der Waals surface area (Å²) in [7, 11) is 1.43. The van der Waals surface area contributed by atoms with Crippen LogP contribution in [0.1, 0.15) is 20.3 Å². The van der Waals surface area contributed by atoms with Gasteiger partial charge in [0.05, 0.1) is 19.0 Å². The highest BCUT2D eigenvalue weighted by molar-refractivity contribution is 6.05. The molecule has 1 aliphatic heterocycles. The van der Waals surface area contributed by atoms with Crippen molar-refractivity contribution in [2.24, 2.45) is 5.92 Å². The summed E-state index contributed by atoms with van der Waals surface area (Å²) < 4.78 is 0. The number of aliphatic carboxylic acids is 1. The fourth-order valence-electron chi connectivity index (χ4n) is 1.97. The molecule has 1 N–H and O–H groups in total. The second-order valence-electron chi connectivity index (χ2n) is 4.73. The van der Waals surface area contributed by atoms with E-state index in [1.54, 1.807) is 4.90 Å². The van der Waals surface area contributed by atoms with Crippen LogP contribution in [0.25, 0.3) is 0 Å². The second kappa shape index (κ2) is 5.27. The lowest BCUT2D eigenvalue weighted by Crippen LogP contribution is -2.45. The molecule has 1 fully saturated rings. The molecule has 0 saturated carbocycles. The van der Waals surface area contributed by atoms with Gasteiger partial charge in [-0.15, -0.1) is 0 Å². The average Bonchev–Trinajstić information content (AvgIpc) is 2.43. The first-order valence-corrected chi connectivity index (χ1v) is 5.59. The SMILES string of the molecule is CC(C)CN(CC(=O)O)C1CC(=O)N(C)C1=O. The number of rotatable bonds is 5. The van der Waals surface area contributed by atoms with Crippen molar-refractivity contribution in [1.82, 2.24) is 9.80 Å². The van der Waals surface area contributed by atoms with E-state index in [0.29, 0.717) is 6.54 Å². The highest BCUT2D eigenvalue weighted by Crippen LogP contribution is 2.18. The van der Waals surface area contributed by atoms with Gasteiger partial charge in [0, 0.05) is 13.6 Å². The molecule has 17 heavy (non-hydrogen) atoms. The zero-order chi connectivity index (χ0) is 13.2. The van der Waals surface area contributed by atoms with Gasteiger partial charge < -0.3 is 5.11 Å². The molecule has 2 amide bonds. The van der Waals surface area contributed by atoms with Gasteiger partial charge in [0.2, 0.25) is 11.8 Å². The number of hydrogen-bond acceptors (Lipinski definition) is 4. The predicted octanol–water partition coefficient (Wildman–Crippen LogP) is -0.214. The fraction of sp³-hybridized carbons (Fsp3) is 0.727. The largest absolute Gasteiger partial charge is 0.480 e. The maximum atomic E-state index is 11.8. The summed E-state index contributed by atoms with van der Waals surface area (Å²) in [6.45, 7) is 4.17. The lowest BCUT2D eigenvalue weighted by atomic mass is 10.1. The first-order valence-electron chi connectivity index (χ1n) is 5.59. The van der Waals surface area contributed by atoms with E-state index in [4.69, 9.17) is 5.11 Å². The van der Waals surface area contributed by atoms with Crippen LogP contribution in [0.2, 0.25) is 0 Å². The first-order chi connectivity index (χ1) is 7.82. The van der Waals surface area contributed by atoms with Gasteiger partial charge >= 0.3 is 5.97 Å². The van der Waals surface area contributed by atoms with Crippen LogP contribution in [0.3, 0.4) is 0 Å². The Hall–Kier alpha value is -1.43. The molecule has 6 heteroatoms. The summed E-state index contributed by atoms with van der Waals surface area (Å²) in [5.74, 6) is -1.31. The van der Waals surface area contributed by atoms with E-state index in [9.17, 15) is 14.4 Å². The summed E-state index contributed by atoms with van der Waals surface area (Å²) in [6.07, 6.45) is 0.0787.